The van der Waals surface area contributed by atoms with Crippen LogP contribution in [0.4, 0.5) is 5.00 Å². The molecule has 0 radical (unpaired) electrons. The van der Waals surface area contributed by atoms with Crippen molar-refractivity contribution in [3.05, 3.63) is 45.8 Å². The van der Waals surface area contributed by atoms with Gasteiger partial charge < -0.3 is 14.6 Å². The maximum atomic E-state index is 12.9. The van der Waals surface area contributed by atoms with Crippen molar-refractivity contribution in [1.29, 1.82) is 0 Å². The van der Waals surface area contributed by atoms with Crippen LogP contribution in [0.1, 0.15) is 53.6 Å². The van der Waals surface area contributed by atoms with Gasteiger partial charge in [0.1, 0.15) is 5.00 Å². The Balaban J connectivity index is 1.49. The Hall–Kier alpha value is -2.65. The van der Waals surface area contributed by atoms with E-state index in [4.69, 9.17) is 4.74 Å². The Morgan fingerprint density at radius 2 is 2.12 bits per heavy atom. The first-order valence-electron chi connectivity index (χ1n) is 11.7. The molecule has 2 aromatic heterocycles. The SMILES string of the molecule is CCOC(=O)c1c(NC(=O)CSc2nnc(-c3cccc(C)c3)n2CC)sc2c1CCC(C)C2. The van der Waals surface area contributed by atoms with E-state index >= 15 is 0 Å². The van der Waals surface area contributed by atoms with Crippen LogP contribution in [0.2, 0.25) is 0 Å². The van der Waals surface area contributed by atoms with E-state index in [9.17, 15) is 9.59 Å². The second kappa shape index (κ2) is 10.7. The molecule has 3 aromatic rings. The molecular formula is C25H30N4O3S2. The quantitative estimate of drug-likeness (QED) is 0.332. The fraction of sp³-hybridized carbons (Fsp3) is 0.440. The highest BCUT2D eigenvalue weighted by Crippen LogP contribution is 2.40. The molecule has 1 unspecified atom stereocenters. The van der Waals surface area contributed by atoms with Crippen LogP contribution in [0, 0.1) is 12.8 Å². The Bertz CT molecular complexity index is 1200. The Morgan fingerprint density at radius 1 is 1.29 bits per heavy atom. The first-order chi connectivity index (χ1) is 16.4. The van der Waals surface area contributed by atoms with Crippen LogP contribution in [-0.4, -0.2) is 39.0 Å². The van der Waals surface area contributed by atoms with Gasteiger partial charge in [-0.25, -0.2) is 4.79 Å². The molecule has 34 heavy (non-hydrogen) atoms. The minimum absolute atomic E-state index is 0.174. The summed E-state index contributed by atoms with van der Waals surface area (Å²) >= 11 is 2.85. The van der Waals surface area contributed by atoms with Crippen molar-refractivity contribution in [1.82, 2.24) is 14.8 Å². The zero-order valence-electron chi connectivity index (χ0n) is 20.0. The van der Waals surface area contributed by atoms with Crippen molar-refractivity contribution >= 4 is 40.0 Å². The average Bonchev–Trinajstić information content (AvgIpc) is 3.38. The predicted molar refractivity (Wildman–Crippen MR) is 137 cm³/mol. The third-order valence-electron chi connectivity index (χ3n) is 5.89. The summed E-state index contributed by atoms with van der Waals surface area (Å²) in [6.45, 7) is 9.10. The Kier molecular flexibility index (Phi) is 7.73. The molecule has 0 fully saturated rings. The van der Waals surface area contributed by atoms with Crippen molar-refractivity contribution in [2.45, 2.75) is 58.7 Å². The van der Waals surface area contributed by atoms with E-state index in [1.807, 2.05) is 36.6 Å². The zero-order valence-corrected chi connectivity index (χ0v) is 21.6. The molecule has 0 bridgehead atoms. The molecule has 1 aliphatic rings. The smallest absolute Gasteiger partial charge is 0.341 e. The highest BCUT2D eigenvalue weighted by atomic mass is 32.2. The largest absolute Gasteiger partial charge is 0.462 e. The molecular weight excluding hydrogens is 468 g/mol. The van der Waals surface area contributed by atoms with Gasteiger partial charge in [0.15, 0.2) is 11.0 Å². The van der Waals surface area contributed by atoms with Crippen molar-refractivity contribution in [2.24, 2.45) is 5.92 Å². The van der Waals surface area contributed by atoms with Crippen molar-refractivity contribution in [3.8, 4) is 11.4 Å². The summed E-state index contributed by atoms with van der Waals surface area (Å²) in [6, 6.07) is 8.14. The number of benzene rings is 1. The molecule has 7 nitrogen and oxygen atoms in total. The van der Waals surface area contributed by atoms with Crippen molar-refractivity contribution in [2.75, 3.05) is 17.7 Å². The molecule has 2 heterocycles. The summed E-state index contributed by atoms with van der Waals surface area (Å²) in [5, 5.41) is 13.0. The van der Waals surface area contributed by atoms with E-state index in [0.717, 1.165) is 41.8 Å². The summed E-state index contributed by atoms with van der Waals surface area (Å²) in [7, 11) is 0. The lowest BCUT2D eigenvalue weighted by Gasteiger charge is -2.18. The topological polar surface area (TPSA) is 86.1 Å². The van der Waals surface area contributed by atoms with Gasteiger partial charge in [-0.1, -0.05) is 42.4 Å². The molecule has 0 aliphatic heterocycles. The summed E-state index contributed by atoms with van der Waals surface area (Å²) in [4.78, 5) is 26.8. The van der Waals surface area contributed by atoms with Crippen LogP contribution in [0.3, 0.4) is 0 Å². The number of nitrogens with one attached hydrogen (secondary N) is 1. The van der Waals surface area contributed by atoms with Gasteiger partial charge in [0.05, 0.1) is 17.9 Å². The van der Waals surface area contributed by atoms with Crippen LogP contribution >= 0.6 is 23.1 Å². The number of hydrogen-bond acceptors (Lipinski definition) is 7. The summed E-state index contributed by atoms with van der Waals surface area (Å²) in [5.74, 6) is 1.01. The van der Waals surface area contributed by atoms with Gasteiger partial charge in [-0.15, -0.1) is 21.5 Å². The van der Waals surface area contributed by atoms with E-state index < -0.39 is 0 Å². The van der Waals surface area contributed by atoms with Crippen LogP contribution in [0.5, 0.6) is 0 Å². The fourth-order valence-electron chi connectivity index (χ4n) is 4.23. The average molecular weight is 499 g/mol. The van der Waals surface area contributed by atoms with Crippen molar-refractivity contribution < 1.29 is 14.3 Å². The minimum atomic E-state index is -0.356. The molecule has 0 saturated heterocycles. The van der Waals surface area contributed by atoms with E-state index in [2.05, 4.69) is 28.5 Å². The second-order valence-electron chi connectivity index (χ2n) is 8.53. The Morgan fingerprint density at radius 3 is 2.85 bits per heavy atom. The van der Waals surface area contributed by atoms with E-state index in [1.54, 1.807) is 6.92 Å². The molecule has 1 aliphatic carbocycles. The number of amides is 1. The van der Waals surface area contributed by atoms with Crippen LogP contribution in [0.25, 0.3) is 11.4 Å². The number of aromatic nitrogens is 3. The van der Waals surface area contributed by atoms with E-state index in [0.29, 0.717) is 34.8 Å². The highest BCUT2D eigenvalue weighted by Gasteiger charge is 2.29. The number of rotatable bonds is 8. The molecule has 9 heteroatoms. The summed E-state index contributed by atoms with van der Waals surface area (Å²) in [5.41, 5.74) is 3.73. The second-order valence-corrected chi connectivity index (χ2v) is 10.6. The Labute approximate surface area is 208 Å². The lowest BCUT2D eigenvalue weighted by Crippen LogP contribution is -2.18. The van der Waals surface area contributed by atoms with E-state index in [-0.39, 0.29) is 17.6 Å². The van der Waals surface area contributed by atoms with Gasteiger partial charge >= 0.3 is 5.97 Å². The summed E-state index contributed by atoms with van der Waals surface area (Å²) < 4.78 is 7.32. The number of aryl methyl sites for hydroxylation is 1. The highest BCUT2D eigenvalue weighted by molar-refractivity contribution is 7.99. The number of carbonyl (C=O) groups is 2. The lowest BCUT2D eigenvalue weighted by atomic mass is 9.88. The maximum absolute atomic E-state index is 12.9. The van der Waals surface area contributed by atoms with Gasteiger partial charge in [0.25, 0.3) is 0 Å². The minimum Gasteiger partial charge on any atom is -0.462 e. The molecule has 0 spiro atoms. The number of thioether (sulfide) groups is 1. The molecule has 1 atom stereocenters. The van der Waals surface area contributed by atoms with E-state index in [1.165, 1.54) is 28.0 Å². The molecule has 1 aromatic carbocycles. The zero-order chi connectivity index (χ0) is 24.2. The summed E-state index contributed by atoms with van der Waals surface area (Å²) in [6.07, 6.45) is 2.81. The molecule has 0 saturated carbocycles. The third kappa shape index (κ3) is 5.20. The molecule has 180 valence electrons. The number of esters is 1. The lowest BCUT2D eigenvalue weighted by molar-refractivity contribution is -0.113. The number of hydrogen-bond donors (Lipinski definition) is 1. The normalized spacial score (nSPS) is 15.1. The van der Waals surface area contributed by atoms with Gasteiger partial charge in [0, 0.05) is 17.0 Å². The van der Waals surface area contributed by atoms with Gasteiger partial charge in [-0.05, 0) is 57.6 Å². The maximum Gasteiger partial charge on any atom is 0.341 e. The first kappa shape index (κ1) is 24.5. The van der Waals surface area contributed by atoms with Crippen LogP contribution in [-0.2, 0) is 28.9 Å². The number of carbonyl (C=O) groups excluding carboxylic acids is 2. The fourth-order valence-corrected chi connectivity index (χ4v) is 6.45. The number of thiophene rings is 1. The third-order valence-corrected chi connectivity index (χ3v) is 8.02. The van der Waals surface area contributed by atoms with Crippen LogP contribution in [0.15, 0.2) is 29.4 Å². The number of anilines is 1. The van der Waals surface area contributed by atoms with Crippen LogP contribution < -0.4 is 5.32 Å². The monoisotopic (exact) mass is 498 g/mol. The number of fused-ring (bicyclic) bond motifs is 1. The van der Waals surface area contributed by atoms with Gasteiger partial charge in [-0.3, -0.25) is 4.79 Å². The standard InChI is InChI=1S/C25H30N4O3S2/c1-5-29-22(17-9-7-8-15(3)12-17)27-28-25(29)33-14-20(30)26-23-21(24(31)32-6-2)18-11-10-16(4)13-19(18)34-23/h7-9,12,16H,5-6,10-11,13-14H2,1-4H3,(H,26,30). The molecule has 1 amide bonds. The predicted octanol–water partition coefficient (Wildman–Crippen LogP) is 5.37. The van der Waals surface area contributed by atoms with Crippen molar-refractivity contribution in [3.63, 3.8) is 0 Å². The van der Waals surface area contributed by atoms with Gasteiger partial charge in [-0.2, -0.15) is 0 Å². The first-order valence-corrected chi connectivity index (χ1v) is 13.5. The molecule has 1 N–H and O–H groups in total. The molecule has 4 rings (SSSR count). The van der Waals surface area contributed by atoms with Gasteiger partial charge in [0.2, 0.25) is 5.91 Å². The number of nitrogens with zero attached hydrogens (tertiary/aromatic N) is 3. The number of ether oxygens (including phenoxy) is 1.